The predicted octanol–water partition coefficient (Wildman–Crippen LogP) is 0.728. The second kappa shape index (κ2) is 10.7. The third-order valence-electron chi connectivity index (χ3n) is 4.57. The van der Waals surface area contributed by atoms with Crippen LogP contribution in [0.3, 0.4) is 0 Å². The van der Waals surface area contributed by atoms with Crippen molar-refractivity contribution in [2.24, 2.45) is 5.41 Å². The largest absolute Gasteiger partial charge is 0.457 e. The molecular formula is C21H31NO9S. The van der Waals surface area contributed by atoms with E-state index in [1.54, 1.807) is 20.8 Å². The van der Waals surface area contributed by atoms with Gasteiger partial charge in [0.1, 0.15) is 18.2 Å². The van der Waals surface area contributed by atoms with Crippen LogP contribution in [-0.2, 0) is 44.7 Å². The minimum absolute atomic E-state index is 0.164. The van der Waals surface area contributed by atoms with Gasteiger partial charge in [0.2, 0.25) is 5.91 Å². The molecule has 0 aliphatic carbocycles. The van der Waals surface area contributed by atoms with Gasteiger partial charge in [-0.3, -0.25) is 13.8 Å². The lowest BCUT2D eigenvalue weighted by Crippen LogP contribution is -2.66. The topological polar surface area (TPSA) is 137 Å². The van der Waals surface area contributed by atoms with Crippen LogP contribution in [0.5, 0.6) is 0 Å². The molecule has 5 atom stereocenters. The van der Waals surface area contributed by atoms with E-state index in [1.807, 2.05) is 30.3 Å². The van der Waals surface area contributed by atoms with Crippen molar-refractivity contribution < 1.29 is 41.5 Å². The van der Waals surface area contributed by atoms with E-state index in [-0.39, 0.29) is 13.2 Å². The molecule has 1 aromatic carbocycles. The van der Waals surface area contributed by atoms with Crippen LogP contribution in [0.1, 0.15) is 33.3 Å². The molecule has 0 bridgehead atoms. The molecule has 10 nitrogen and oxygen atoms in total. The molecule has 11 heteroatoms. The number of aliphatic hydroxyl groups excluding tert-OH is 1. The summed E-state index contributed by atoms with van der Waals surface area (Å²) < 4.78 is 45.9. The van der Waals surface area contributed by atoms with Gasteiger partial charge >= 0.3 is 5.97 Å². The molecule has 0 radical (unpaired) electrons. The summed E-state index contributed by atoms with van der Waals surface area (Å²) in [6, 6.07) is 7.99. The van der Waals surface area contributed by atoms with Gasteiger partial charge in [0.25, 0.3) is 10.1 Å². The molecule has 1 aliphatic rings. The summed E-state index contributed by atoms with van der Waals surface area (Å²) in [6.07, 6.45) is -4.58. The zero-order chi connectivity index (χ0) is 24.1. The zero-order valence-corrected chi connectivity index (χ0v) is 19.6. The van der Waals surface area contributed by atoms with E-state index >= 15 is 0 Å². The van der Waals surface area contributed by atoms with Crippen LogP contribution in [0.4, 0.5) is 0 Å². The van der Waals surface area contributed by atoms with Crippen LogP contribution in [0.25, 0.3) is 0 Å². The SMILES string of the molecule is CC(=O)N[C@@H]1[C@@H](OC(=O)C(C)(C)C)[C@@H](OS(C)(=O)=O)[C@@H](COCc2ccccc2)O[C@@H]1O. The second-order valence-electron chi connectivity index (χ2n) is 8.68. The van der Waals surface area contributed by atoms with Gasteiger partial charge < -0.3 is 24.6 Å². The number of carbonyl (C=O) groups is 2. The number of hydrogen-bond acceptors (Lipinski definition) is 9. The summed E-state index contributed by atoms with van der Waals surface area (Å²) >= 11 is 0. The lowest BCUT2D eigenvalue weighted by Gasteiger charge is -2.44. The Morgan fingerprint density at radius 3 is 2.31 bits per heavy atom. The van der Waals surface area contributed by atoms with Crippen LogP contribution in [0, 0.1) is 5.41 Å². The molecule has 2 rings (SSSR count). The van der Waals surface area contributed by atoms with Gasteiger partial charge in [-0.05, 0) is 26.3 Å². The Morgan fingerprint density at radius 2 is 1.78 bits per heavy atom. The number of esters is 1. The highest BCUT2D eigenvalue weighted by molar-refractivity contribution is 7.86. The molecule has 1 aliphatic heterocycles. The number of nitrogens with one attached hydrogen (secondary N) is 1. The van der Waals surface area contributed by atoms with E-state index in [2.05, 4.69) is 5.32 Å². The van der Waals surface area contributed by atoms with Gasteiger partial charge in [-0.15, -0.1) is 0 Å². The van der Waals surface area contributed by atoms with Gasteiger partial charge in [0.05, 0.1) is 24.9 Å². The van der Waals surface area contributed by atoms with Gasteiger partial charge in [0, 0.05) is 6.92 Å². The normalized spacial score (nSPS) is 26.4. The fraction of sp³-hybridized carbons (Fsp3) is 0.619. The van der Waals surface area contributed by atoms with E-state index in [9.17, 15) is 23.1 Å². The number of amides is 1. The number of ether oxygens (including phenoxy) is 3. The van der Waals surface area contributed by atoms with Crippen molar-refractivity contribution >= 4 is 22.0 Å². The van der Waals surface area contributed by atoms with Crippen molar-refractivity contribution in [1.82, 2.24) is 5.32 Å². The van der Waals surface area contributed by atoms with E-state index in [4.69, 9.17) is 18.4 Å². The Morgan fingerprint density at radius 1 is 1.16 bits per heavy atom. The van der Waals surface area contributed by atoms with Crippen molar-refractivity contribution in [3.05, 3.63) is 35.9 Å². The first-order valence-corrected chi connectivity index (χ1v) is 11.9. The van der Waals surface area contributed by atoms with Crippen LogP contribution in [0.2, 0.25) is 0 Å². The van der Waals surface area contributed by atoms with Gasteiger partial charge in [-0.1, -0.05) is 30.3 Å². The highest BCUT2D eigenvalue weighted by Crippen LogP contribution is 2.29. The third-order valence-corrected chi connectivity index (χ3v) is 5.14. The smallest absolute Gasteiger partial charge is 0.311 e. The van der Waals surface area contributed by atoms with Gasteiger partial charge in [-0.2, -0.15) is 8.42 Å². The summed E-state index contributed by atoms with van der Waals surface area (Å²) in [6.45, 7) is 6.09. The van der Waals surface area contributed by atoms with Crippen LogP contribution < -0.4 is 5.32 Å². The fourth-order valence-electron chi connectivity index (χ4n) is 3.07. The Balaban J connectivity index is 2.30. The fourth-order valence-corrected chi connectivity index (χ4v) is 3.71. The number of benzene rings is 1. The maximum atomic E-state index is 12.6. The van der Waals surface area contributed by atoms with Gasteiger partial charge in [-0.25, -0.2) is 0 Å². The maximum absolute atomic E-state index is 12.6. The molecule has 0 aromatic heterocycles. The van der Waals surface area contributed by atoms with E-state index in [0.717, 1.165) is 11.8 Å². The first-order chi connectivity index (χ1) is 14.8. The van der Waals surface area contributed by atoms with Crippen molar-refractivity contribution in [2.45, 2.75) is 64.9 Å². The van der Waals surface area contributed by atoms with Crippen LogP contribution in [-0.4, -0.2) is 68.9 Å². The van der Waals surface area contributed by atoms with Crippen molar-refractivity contribution in [1.29, 1.82) is 0 Å². The Hall–Kier alpha value is -2.05. The summed E-state index contributed by atoms with van der Waals surface area (Å²) in [5, 5.41) is 13.0. The molecule has 0 spiro atoms. The van der Waals surface area contributed by atoms with Gasteiger partial charge in [0.15, 0.2) is 12.4 Å². The average Bonchev–Trinajstić information content (AvgIpc) is 2.66. The second-order valence-corrected chi connectivity index (χ2v) is 10.3. The highest BCUT2D eigenvalue weighted by atomic mass is 32.2. The molecule has 1 fully saturated rings. The molecule has 2 N–H and O–H groups in total. The summed E-state index contributed by atoms with van der Waals surface area (Å²) in [7, 11) is -4.03. The number of rotatable bonds is 8. The Kier molecular flexibility index (Phi) is 8.77. The van der Waals surface area contributed by atoms with Crippen LogP contribution >= 0.6 is 0 Å². The third kappa shape index (κ3) is 7.82. The predicted molar refractivity (Wildman–Crippen MR) is 114 cm³/mol. The number of carbonyl (C=O) groups excluding carboxylic acids is 2. The van der Waals surface area contributed by atoms with Crippen molar-refractivity contribution in [3.63, 3.8) is 0 Å². The first-order valence-electron chi connectivity index (χ1n) is 10.1. The lowest BCUT2D eigenvalue weighted by molar-refractivity contribution is -0.258. The molecule has 32 heavy (non-hydrogen) atoms. The molecule has 1 heterocycles. The lowest BCUT2D eigenvalue weighted by atomic mass is 9.94. The minimum atomic E-state index is -4.03. The Bertz CT molecular complexity index is 882. The Labute approximate surface area is 188 Å². The molecular weight excluding hydrogens is 442 g/mol. The van der Waals surface area contributed by atoms with Crippen molar-refractivity contribution in [3.8, 4) is 0 Å². The monoisotopic (exact) mass is 473 g/mol. The summed E-state index contributed by atoms with van der Waals surface area (Å²) in [5.74, 6) is -1.20. The van der Waals surface area contributed by atoms with E-state index < -0.39 is 58.1 Å². The number of aliphatic hydroxyl groups is 1. The van der Waals surface area contributed by atoms with E-state index in [1.165, 1.54) is 6.92 Å². The molecule has 1 saturated heterocycles. The van der Waals surface area contributed by atoms with Crippen molar-refractivity contribution in [2.75, 3.05) is 12.9 Å². The quantitative estimate of drug-likeness (QED) is 0.413. The summed E-state index contributed by atoms with van der Waals surface area (Å²) in [5.41, 5.74) is -0.0600. The van der Waals surface area contributed by atoms with Crippen LogP contribution in [0.15, 0.2) is 30.3 Å². The minimum Gasteiger partial charge on any atom is -0.457 e. The van der Waals surface area contributed by atoms with E-state index in [0.29, 0.717) is 0 Å². The maximum Gasteiger partial charge on any atom is 0.311 e. The average molecular weight is 474 g/mol. The molecule has 180 valence electrons. The highest BCUT2D eigenvalue weighted by Gasteiger charge is 2.51. The molecule has 1 aromatic rings. The number of hydrogen-bond donors (Lipinski definition) is 2. The summed E-state index contributed by atoms with van der Waals surface area (Å²) in [4.78, 5) is 24.3. The first kappa shape index (κ1) is 26.2. The molecule has 0 unspecified atom stereocenters. The molecule has 0 saturated carbocycles. The molecule has 1 amide bonds. The standard InChI is InChI=1S/C21H31NO9S/c1-13(23)22-16-18(30-20(25)21(2,3)4)17(31-32(5,26)27)15(29-19(16)24)12-28-11-14-9-7-6-8-10-14/h6-10,15-19,24H,11-12H2,1-5H3,(H,22,23)/t15-,16-,17+,18-,19+/m1/s1. The zero-order valence-electron chi connectivity index (χ0n) is 18.8.